The van der Waals surface area contributed by atoms with E-state index in [-0.39, 0.29) is 16.8 Å². The molecule has 138 valence electrons. The Bertz CT molecular complexity index is 848. The van der Waals surface area contributed by atoms with E-state index < -0.39 is 10.0 Å². The van der Waals surface area contributed by atoms with Crippen molar-refractivity contribution in [1.82, 2.24) is 5.32 Å². The zero-order valence-corrected chi connectivity index (χ0v) is 15.6. The van der Waals surface area contributed by atoms with Gasteiger partial charge in [0.2, 0.25) is 0 Å². The molecule has 5 nitrogen and oxygen atoms in total. The SMILES string of the molecule is C[C@@H]1CCCC[C@@H]1NC(=O)c1ccc(S(=O)(=O)Nc2ccccc2)cc1. The van der Waals surface area contributed by atoms with Gasteiger partial charge in [-0.3, -0.25) is 9.52 Å². The van der Waals surface area contributed by atoms with E-state index in [0.29, 0.717) is 17.2 Å². The van der Waals surface area contributed by atoms with Crippen molar-refractivity contribution in [1.29, 1.82) is 0 Å². The molecule has 0 radical (unpaired) electrons. The minimum atomic E-state index is -3.67. The Kier molecular flexibility index (Phi) is 5.61. The number of rotatable bonds is 5. The van der Waals surface area contributed by atoms with Crippen LogP contribution in [0.2, 0.25) is 0 Å². The van der Waals surface area contributed by atoms with Crippen molar-refractivity contribution >= 4 is 21.6 Å². The third kappa shape index (κ3) is 4.43. The molecular formula is C20H24N2O3S. The quantitative estimate of drug-likeness (QED) is 0.838. The Morgan fingerprint density at radius 3 is 2.27 bits per heavy atom. The summed E-state index contributed by atoms with van der Waals surface area (Å²) in [4.78, 5) is 12.6. The zero-order valence-electron chi connectivity index (χ0n) is 14.8. The largest absolute Gasteiger partial charge is 0.349 e. The summed E-state index contributed by atoms with van der Waals surface area (Å²) in [5.74, 6) is 0.325. The van der Waals surface area contributed by atoms with Crippen molar-refractivity contribution < 1.29 is 13.2 Å². The van der Waals surface area contributed by atoms with Crippen LogP contribution in [0.3, 0.4) is 0 Å². The van der Waals surface area contributed by atoms with Crippen LogP contribution in [0, 0.1) is 5.92 Å². The molecule has 2 aromatic rings. The second-order valence-corrected chi connectivity index (χ2v) is 8.52. The second kappa shape index (κ2) is 7.91. The number of amides is 1. The molecule has 1 fully saturated rings. The smallest absolute Gasteiger partial charge is 0.261 e. The molecule has 2 atom stereocenters. The van der Waals surface area contributed by atoms with Gasteiger partial charge in [0, 0.05) is 17.3 Å². The third-order valence-electron chi connectivity index (χ3n) is 4.88. The molecule has 1 aliphatic carbocycles. The molecule has 1 saturated carbocycles. The van der Waals surface area contributed by atoms with Crippen LogP contribution in [0.1, 0.15) is 43.0 Å². The first kappa shape index (κ1) is 18.5. The van der Waals surface area contributed by atoms with Gasteiger partial charge in [-0.15, -0.1) is 0 Å². The maximum atomic E-state index is 12.4. The van der Waals surface area contributed by atoms with Crippen LogP contribution in [0.15, 0.2) is 59.5 Å². The van der Waals surface area contributed by atoms with Gasteiger partial charge < -0.3 is 5.32 Å². The molecule has 0 unspecified atom stereocenters. The highest BCUT2D eigenvalue weighted by atomic mass is 32.2. The van der Waals surface area contributed by atoms with E-state index in [4.69, 9.17) is 0 Å². The van der Waals surface area contributed by atoms with Crippen molar-refractivity contribution in [2.45, 2.75) is 43.5 Å². The lowest BCUT2D eigenvalue weighted by Gasteiger charge is -2.29. The molecule has 2 N–H and O–H groups in total. The maximum Gasteiger partial charge on any atom is 0.261 e. The fourth-order valence-electron chi connectivity index (χ4n) is 3.29. The molecule has 1 aliphatic rings. The first-order chi connectivity index (χ1) is 12.5. The van der Waals surface area contributed by atoms with Crippen LogP contribution in [0.4, 0.5) is 5.69 Å². The number of carbonyl (C=O) groups excluding carboxylic acids is 1. The average Bonchev–Trinajstić information content (AvgIpc) is 2.64. The lowest BCUT2D eigenvalue weighted by molar-refractivity contribution is 0.0910. The minimum absolute atomic E-state index is 0.129. The van der Waals surface area contributed by atoms with Gasteiger partial charge in [0.25, 0.3) is 15.9 Å². The number of hydrogen-bond acceptors (Lipinski definition) is 3. The molecule has 0 aliphatic heterocycles. The van der Waals surface area contributed by atoms with Gasteiger partial charge in [-0.05, 0) is 55.2 Å². The summed E-state index contributed by atoms with van der Waals surface area (Å²) in [7, 11) is -3.67. The van der Waals surface area contributed by atoms with Crippen LogP contribution in [0.5, 0.6) is 0 Å². The molecule has 0 bridgehead atoms. The molecule has 1 amide bonds. The highest BCUT2D eigenvalue weighted by Gasteiger charge is 2.23. The van der Waals surface area contributed by atoms with Crippen LogP contribution in [0.25, 0.3) is 0 Å². The maximum absolute atomic E-state index is 12.4. The summed E-state index contributed by atoms with van der Waals surface area (Å²) in [6.07, 6.45) is 4.49. The monoisotopic (exact) mass is 372 g/mol. The van der Waals surface area contributed by atoms with Gasteiger partial charge >= 0.3 is 0 Å². The molecule has 3 rings (SSSR count). The number of hydrogen-bond donors (Lipinski definition) is 2. The normalized spacial score (nSPS) is 20.3. The standard InChI is InChI=1S/C20H24N2O3S/c1-15-7-5-6-10-19(15)21-20(23)16-11-13-18(14-12-16)26(24,25)22-17-8-3-2-4-9-17/h2-4,8-9,11-15,19,22H,5-7,10H2,1H3,(H,21,23)/t15-,19+/m1/s1. The molecule has 26 heavy (non-hydrogen) atoms. The van der Waals surface area contributed by atoms with E-state index >= 15 is 0 Å². The minimum Gasteiger partial charge on any atom is -0.349 e. The predicted octanol–water partition coefficient (Wildman–Crippen LogP) is 3.80. The van der Waals surface area contributed by atoms with E-state index in [1.54, 1.807) is 36.4 Å². The first-order valence-corrected chi connectivity index (χ1v) is 10.4. The van der Waals surface area contributed by atoms with E-state index in [2.05, 4.69) is 17.0 Å². The lowest BCUT2D eigenvalue weighted by atomic mass is 9.86. The van der Waals surface area contributed by atoms with Gasteiger partial charge in [-0.2, -0.15) is 0 Å². The fraction of sp³-hybridized carbons (Fsp3) is 0.350. The molecule has 0 heterocycles. The van der Waals surface area contributed by atoms with E-state index in [1.165, 1.54) is 18.6 Å². The molecule has 0 aromatic heterocycles. The Labute approximate surface area is 154 Å². The number of carbonyl (C=O) groups is 1. The number of para-hydroxylation sites is 1. The van der Waals surface area contributed by atoms with Crippen molar-refractivity contribution in [3.05, 3.63) is 60.2 Å². The van der Waals surface area contributed by atoms with E-state index in [0.717, 1.165) is 19.3 Å². The number of sulfonamides is 1. The van der Waals surface area contributed by atoms with Gasteiger partial charge in [0.05, 0.1) is 4.90 Å². The molecular weight excluding hydrogens is 348 g/mol. The topological polar surface area (TPSA) is 75.3 Å². The van der Waals surface area contributed by atoms with E-state index in [9.17, 15) is 13.2 Å². The summed E-state index contributed by atoms with van der Waals surface area (Å²) in [6.45, 7) is 2.16. The molecule has 0 spiro atoms. The molecule has 2 aromatic carbocycles. The Morgan fingerprint density at radius 2 is 1.62 bits per heavy atom. The van der Waals surface area contributed by atoms with Gasteiger partial charge in [-0.25, -0.2) is 8.42 Å². The number of benzene rings is 2. The number of nitrogens with one attached hydrogen (secondary N) is 2. The summed E-state index contributed by atoms with van der Waals surface area (Å²) in [5, 5.41) is 3.08. The first-order valence-electron chi connectivity index (χ1n) is 8.94. The van der Waals surface area contributed by atoms with Gasteiger partial charge in [0.15, 0.2) is 0 Å². The third-order valence-corrected chi connectivity index (χ3v) is 6.28. The summed E-state index contributed by atoms with van der Waals surface area (Å²) in [5.41, 5.74) is 0.974. The Morgan fingerprint density at radius 1 is 0.962 bits per heavy atom. The van der Waals surface area contributed by atoms with Crippen LogP contribution < -0.4 is 10.0 Å². The van der Waals surface area contributed by atoms with E-state index in [1.807, 2.05) is 6.07 Å². The Balaban J connectivity index is 1.68. The zero-order chi connectivity index (χ0) is 18.6. The number of anilines is 1. The summed E-state index contributed by atoms with van der Waals surface area (Å²) < 4.78 is 27.4. The van der Waals surface area contributed by atoms with Crippen LogP contribution in [-0.2, 0) is 10.0 Å². The molecule has 0 saturated heterocycles. The summed E-state index contributed by atoms with van der Waals surface area (Å²) >= 11 is 0. The van der Waals surface area contributed by atoms with Crippen molar-refractivity contribution in [3.63, 3.8) is 0 Å². The van der Waals surface area contributed by atoms with Crippen LogP contribution in [-0.4, -0.2) is 20.4 Å². The highest BCUT2D eigenvalue weighted by Crippen LogP contribution is 2.24. The van der Waals surface area contributed by atoms with Gasteiger partial charge in [0.1, 0.15) is 0 Å². The highest BCUT2D eigenvalue weighted by molar-refractivity contribution is 7.92. The van der Waals surface area contributed by atoms with Crippen molar-refractivity contribution in [2.75, 3.05) is 4.72 Å². The predicted molar refractivity (Wildman–Crippen MR) is 103 cm³/mol. The van der Waals surface area contributed by atoms with Gasteiger partial charge in [-0.1, -0.05) is 38.0 Å². The summed E-state index contributed by atoms with van der Waals surface area (Å²) in [6, 6.07) is 14.9. The van der Waals surface area contributed by atoms with Crippen molar-refractivity contribution in [3.8, 4) is 0 Å². The Hall–Kier alpha value is -2.34. The molecule has 6 heteroatoms. The average molecular weight is 372 g/mol. The lowest BCUT2D eigenvalue weighted by Crippen LogP contribution is -2.41. The second-order valence-electron chi connectivity index (χ2n) is 6.84. The fourth-order valence-corrected chi connectivity index (χ4v) is 4.35. The van der Waals surface area contributed by atoms with Crippen molar-refractivity contribution in [2.24, 2.45) is 5.92 Å². The van der Waals surface area contributed by atoms with Crippen LogP contribution >= 0.6 is 0 Å².